The zero-order valence-electron chi connectivity index (χ0n) is 15.4. The minimum atomic E-state index is -0.285. The number of nitrogens with one attached hydrogen (secondary N) is 1. The van der Waals surface area contributed by atoms with Crippen molar-refractivity contribution >= 4 is 29.2 Å². The summed E-state index contributed by atoms with van der Waals surface area (Å²) in [6, 6.07) is 14.8. The van der Waals surface area contributed by atoms with Gasteiger partial charge in [0.15, 0.2) is 0 Å². The fourth-order valence-corrected chi connectivity index (χ4v) is 4.29. The molecule has 1 unspecified atom stereocenters. The van der Waals surface area contributed by atoms with Crippen molar-refractivity contribution in [1.82, 2.24) is 9.80 Å². The maximum atomic E-state index is 12.8. The molecule has 5 nitrogen and oxygen atoms in total. The molecule has 0 aliphatic carbocycles. The Hall–Kier alpha value is -2.53. The van der Waals surface area contributed by atoms with E-state index in [0.29, 0.717) is 23.8 Å². The van der Waals surface area contributed by atoms with Crippen LogP contribution in [-0.2, 0) is 10.2 Å². The summed E-state index contributed by atoms with van der Waals surface area (Å²) >= 11 is 5.99. The zero-order chi connectivity index (χ0) is 19.2. The standard InChI is InChI=1S/C21H22ClN3O2/c1-21(2)13-25-18(16-8-3-4-9-17(16)21)11-24(12-19(25)26)20(27)23-15-7-5-6-14(22)10-15/h3-10,18H,11-13H2,1-2H3,(H,23,27). The molecule has 4 rings (SSSR count). The number of rotatable bonds is 1. The van der Waals surface area contributed by atoms with E-state index in [2.05, 4.69) is 31.3 Å². The number of hydrogen-bond donors (Lipinski definition) is 1. The lowest BCUT2D eigenvalue weighted by Gasteiger charge is -2.49. The number of halogens is 1. The van der Waals surface area contributed by atoms with E-state index < -0.39 is 0 Å². The quantitative estimate of drug-likeness (QED) is 0.807. The van der Waals surface area contributed by atoms with Crippen molar-refractivity contribution in [1.29, 1.82) is 0 Å². The molecule has 1 fully saturated rings. The Kier molecular flexibility index (Phi) is 4.35. The van der Waals surface area contributed by atoms with Gasteiger partial charge in [0.05, 0.1) is 6.04 Å². The summed E-state index contributed by atoms with van der Waals surface area (Å²) in [5.41, 5.74) is 2.89. The zero-order valence-corrected chi connectivity index (χ0v) is 16.2. The van der Waals surface area contributed by atoms with E-state index >= 15 is 0 Å². The molecule has 140 valence electrons. The minimum absolute atomic E-state index is 0.0185. The fourth-order valence-electron chi connectivity index (χ4n) is 4.10. The van der Waals surface area contributed by atoms with Gasteiger partial charge in [-0.2, -0.15) is 0 Å². The summed E-state index contributed by atoms with van der Waals surface area (Å²) < 4.78 is 0. The van der Waals surface area contributed by atoms with E-state index in [0.717, 1.165) is 5.56 Å². The first-order chi connectivity index (χ1) is 12.8. The maximum Gasteiger partial charge on any atom is 0.322 e. The van der Waals surface area contributed by atoms with Crippen LogP contribution in [0.4, 0.5) is 10.5 Å². The highest BCUT2D eigenvalue weighted by Crippen LogP contribution is 2.41. The van der Waals surface area contributed by atoms with E-state index in [4.69, 9.17) is 11.6 Å². The Balaban J connectivity index is 1.60. The van der Waals surface area contributed by atoms with Crippen LogP contribution >= 0.6 is 11.6 Å². The number of fused-ring (bicyclic) bond motifs is 3. The smallest absolute Gasteiger partial charge is 0.322 e. The molecule has 2 aliphatic rings. The van der Waals surface area contributed by atoms with Gasteiger partial charge in [0, 0.05) is 29.2 Å². The van der Waals surface area contributed by atoms with E-state index in [1.165, 1.54) is 5.56 Å². The largest absolute Gasteiger partial charge is 0.331 e. The van der Waals surface area contributed by atoms with Gasteiger partial charge in [-0.25, -0.2) is 4.79 Å². The number of carbonyl (C=O) groups is 2. The lowest BCUT2D eigenvalue weighted by Crippen LogP contribution is -2.59. The van der Waals surface area contributed by atoms with Crippen molar-refractivity contribution in [3.05, 3.63) is 64.7 Å². The van der Waals surface area contributed by atoms with Crippen LogP contribution in [0.1, 0.15) is 31.0 Å². The molecule has 2 heterocycles. The summed E-state index contributed by atoms with van der Waals surface area (Å²) in [5, 5.41) is 3.39. The van der Waals surface area contributed by atoms with Crippen LogP contribution in [-0.4, -0.2) is 41.4 Å². The number of nitrogens with zero attached hydrogens (tertiary/aromatic N) is 2. The van der Waals surface area contributed by atoms with Gasteiger partial charge in [0.1, 0.15) is 6.54 Å². The molecule has 0 radical (unpaired) electrons. The minimum Gasteiger partial charge on any atom is -0.331 e. The summed E-state index contributed by atoms with van der Waals surface area (Å²) in [6.45, 7) is 5.55. The van der Waals surface area contributed by atoms with Gasteiger partial charge >= 0.3 is 6.03 Å². The third-order valence-electron chi connectivity index (χ3n) is 5.39. The Morgan fingerprint density at radius 3 is 2.74 bits per heavy atom. The number of anilines is 1. The van der Waals surface area contributed by atoms with Gasteiger partial charge in [-0.05, 0) is 29.3 Å². The van der Waals surface area contributed by atoms with Crippen LogP contribution in [0, 0.1) is 0 Å². The van der Waals surface area contributed by atoms with E-state index in [1.54, 1.807) is 29.2 Å². The van der Waals surface area contributed by atoms with E-state index in [-0.39, 0.29) is 29.9 Å². The summed E-state index contributed by atoms with van der Waals surface area (Å²) in [5.74, 6) is -0.0185. The van der Waals surface area contributed by atoms with Gasteiger partial charge in [-0.1, -0.05) is 55.8 Å². The second kappa shape index (κ2) is 6.57. The number of piperazine rings is 1. The normalized spacial score (nSPS) is 20.7. The molecule has 0 spiro atoms. The van der Waals surface area contributed by atoms with Crippen molar-refractivity contribution in [3.63, 3.8) is 0 Å². The number of amides is 3. The summed E-state index contributed by atoms with van der Waals surface area (Å²) in [7, 11) is 0. The SMILES string of the molecule is CC1(C)CN2C(=O)CN(C(=O)Nc3cccc(Cl)c3)CC2c2ccccc21. The highest BCUT2D eigenvalue weighted by atomic mass is 35.5. The highest BCUT2D eigenvalue weighted by Gasteiger charge is 2.44. The monoisotopic (exact) mass is 383 g/mol. The van der Waals surface area contributed by atoms with Crippen LogP contribution in [0.3, 0.4) is 0 Å². The predicted molar refractivity (Wildman–Crippen MR) is 106 cm³/mol. The van der Waals surface area contributed by atoms with Crippen LogP contribution in [0.15, 0.2) is 48.5 Å². The Labute approximate surface area is 163 Å². The van der Waals surface area contributed by atoms with E-state index in [9.17, 15) is 9.59 Å². The van der Waals surface area contributed by atoms with Crippen LogP contribution in [0.2, 0.25) is 5.02 Å². The number of hydrogen-bond acceptors (Lipinski definition) is 2. The second-order valence-corrected chi connectivity index (χ2v) is 8.27. The first-order valence-electron chi connectivity index (χ1n) is 9.05. The third kappa shape index (κ3) is 3.28. The molecule has 1 N–H and O–H groups in total. The van der Waals surface area contributed by atoms with Gasteiger partial charge in [-0.3, -0.25) is 4.79 Å². The molecule has 2 aromatic rings. The first kappa shape index (κ1) is 17.9. The molecule has 2 aromatic carbocycles. The number of benzene rings is 2. The Bertz CT molecular complexity index is 912. The van der Waals surface area contributed by atoms with E-state index in [1.807, 2.05) is 17.0 Å². The molecule has 27 heavy (non-hydrogen) atoms. The molecule has 0 saturated carbocycles. The average Bonchev–Trinajstić information content (AvgIpc) is 2.62. The molecular weight excluding hydrogens is 362 g/mol. The Morgan fingerprint density at radius 1 is 1.19 bits per heavy atom. The topological polar surface area (TPSA) is 52.7 Å². The van der Waals surface area contributed by atoms with Crippen molar-refractivity contribution in [2.45, 2.75) is 25.3 Å². The van der Waals surface area contributed by atoms with Gasteiger partial charge in [0.25, 0.3) is 0 Å². The molecule has 0 bridgehead atoms. The number of urea groups is 1. The lowest BCUT2D eigenvalue weighted by molar-refractivity contribution is -0.140. The molecule has 2 aliphatic heterocycles. The molecule has 1 saturated heterocycles. The van der Waals surface area contributed by atoms with Gasteiger partial charge in [-0.15, -0.1) is 0 Å². The van der Waals surface area contributed by atoms with Crippen LogP contribution in [0.5, 0.6) is 0 Å². The third-order valence-corrected chi connectivity index (χ3v) is 5.63. The lowest BCUT2D eigenvalue weighted by atomic mass is 9.75. The fraction of sp³-hybridized carbons (Fsp3) is 0.333. The highest BCUT2D eigenvalue weighted by molar-refractivity contribution is 6.30. The summed E-state index contributed by atoms with van der Waals surface area (Å²) in [6.07, 6.45) is 0. The summed E-state index contributed by atoms with van der Waals surface area (Å²) in [4.78, 5) is 29.1. The van der Waals surface area contributed by atoms with Crippen molar-refractivity contribution < 1.29 is 9.59 Å². The van der Waals surface area contributed by atoms with Crippen molar-refractivity contribution in [2.24, 2.45) is 0 Å². The number of carbonyl (C=O) groups excluding carboxylic acids is 2. The second-order valence-electron chi connectivity index (χ2n) is 7.83. The molecule has 3 amide bonds. The Morgan fingerprint density at radius 2 is 1.96 bits per heavy atom. The molecule has 1 atom stereocenters. The molecule has 6 heteroatoms. The van der Waals surface area contributed by atoms with Crippen LogP contribution in [0.25, 0.3) is 0 Å². The van der Waals surface area contributed by atoms with Crippen molar-refractivity contribution in [3.8, 4) is 0 Å². The maximum absolute atomic E-state index is 12.8. The molecule has 0 aromatic heterocycles. The first-order valence-corrected chi connectivity index (χ1v) is 9.43. The van der Waals surface area contributed by atoms with Crippen molar-refractivity contribution in [2.75, 3.05) is 25.0 Å². The van der Waals surface area contributed by atoms with Gasteiger partial charge < -0.3 is 15.1 Å². The molecular formula is C21H22ClN3O2. The van der Waals surface area contributed by atoms with Crippen LogP contribution < -0.4 is 5.32 Å². The van der Waals surface area contributed by atoms with Gasteiger partial charge in [0.2, 0.25) is 5.91 Å². The average molecular weight is 384 g/mol. The predicted octanol–water partition coefficient (Wildman–Crippen LogP) is 4.05.